The molecular weight excluding hydrogens is 440 g/mol. The third-order valence-electron chi connectivity index (χ3n) is 5.05. The molecule has 3 aromatic heterocycles. The van der Waals surface area contributed by atoms with Crippen molar-refractivity contribution in [2.45, 2.75) is 13.0 Å². The highest BCUT2D eigenvalue weighted by Gasteiger charge is 2.14. The fraction of sp³-hybridized carbons (Fsp3) is 0.120. The lowest BCUT2D eigenvalue weighted by Crippen LogP contribution is -2.23. The topological polar surface area (TPSA) is 51.5 Å². The summed E-state index contributed by atoms with van der Waals surface area (Å²) in [5.41, 5.74) is 3.88. The molecule has 2 aromatic carbocycles. The highest BCUT2D eigenvalue weighted by Crippen LogP contribution is 2.36. The summed E-state index contributed by atoms with van der Waals surface area (Å²) in [6.45, 7) is 2.63. The number of thiazole rings is 1. The van der Waals surface area contributed by atoms with Gasteiger partial charge in [0.15, 0.2) is 5.13 Å². The van der Waals surface area contributed by atoms with E-state index in [1.54, 1.807) is 17.5 Å². The lowest BCUT2D eigenvalue weighted by atomic mass is 10.0. The van der Waals surface area contributed by atoms with Gasteiger partial charge >= 0.3 is 0 Å². The molecule has 1 atom stereocenters. The SMILES string of the molecule is CC(COc1ccccc1)Nc1ncc(-c2cc(-c3ccccc3Cl)c3nccn3c2)s1. The molecule has 0 saturated heterocycles. The molecule has 0 fully saturated rings. The predicted molar refractivity (Wildman–Crippen MR) is 132 cm³/mol. The maximum atomic E-state index is 6.49. The molecule has 0 radical (unpaired) electrons. The average molecular weight is 461 g/mol. The van der Waals surface area contributed by atoms with Crippen molar-refractivity contribution >= 4 is 33.7 Å². The Kier molecular flexibility index (Phi) is 5.79. The van der Waals surface area contributed by atoms with Crippen LogP contribution in [0.2, 0.25) is 5.02 Å². The minimum atomic E-state index is 0.115. The summed E-state index contributed by atoms with van der Waals surface area (Å²) in [5, 5.41) is 4.99. The van der Waals surface area contributed by atoms with Crippen molar-refractivity contribution in [3.05, 3.63) is 90.5 Å². The van der Waals surface area contributed by atoms with Gasteiger partial charge in [-0.3, -0.25) is 0 Å². The fourth-order valence-corrected chi connectivity index (χ4v) is 4.66. The van der Waals surface area contributed by atoms with Crippen LogP contribution in [0, 0.1) is 0 Å². The Morgan fingerprint density at radius 1 is 1.06 bits per heavy atom. The monoisotopic (exact) mass is 460 g/mol. The summed E-state index contributed by atoms with van der Waals surface area (Å²) >= 11 is 8.10. The van der Waals surface area contributed by atoms with E-state index in [4.69, 9.17) is 16.3 Å². The first kappa shape index (κ1) is 20.5. The molecule has 1 unspecified atom stereocenters. The molecule has 5 nitrogen and oxygen atoms in total. The zero-order valence-corrected chi connectivity index (χ0v) is 19.0. The van der Waals surface area contributed by atoms with E-state index in [0.29, 0.717) is 11.6 Å². The fourth-order valence-electron chi connectivity index (χ4n) is 3.51. The zero-order chi connectivity index (χ0) is 21.9. The van der Waals surface area contributed by atoms with Crippen molar-refractivity contribution in [1.29, 1.82) is 0 Å². The Hall–Kier alpha value is -3.35. The number of para-hydroxylation sites is 1. The summed E-state index contributed by atoms with van der Waals surface area (Å²) in [6, 6.07) is 19.9. The standard InChI is InChI=1S/C25H21ClN4OS/c1-17(16-31-19-7-3-2-4-8-19)29-25-28-14-23(32-25)18-13-21(20-9-5-6-10-22(20)26)24-27-11-12-30(24)15-18/h2-15,17H,16H2,1H3,(H,28,29). The molecule has 5 aromatic rings. The Bertz CT molecular complexity index is 1350. The van der Waals surface area contributed by atoms with Crippen LogP contribution < -0.4 is 10.1 Å². The van der Waals surface area contributed by atoms with E-state index in [2.05, 4.69) is 34.5 Å². The highest BCUT2D eigenvalue weighted by atomic mass is 35.5. The third kappa shape index (κ3) is 4.33. The number of fused-ring (bicyclic) bond motifs is 1. The molecule has 0 aliphatic carbocycles. The summed E-state index contributed by atoms with van der Waals surface area (Å²) < 4.78 is 7.86. The van der Waals surface area contributed by atoms with Gasteiger partial charge in [0.05, 0.1) is 10.9 Å². The first-order valence-electron chi connectivity index (χ1n) is 10.3. The van der Waals surface area contributed by atoms with Crippen LogP contribution >= 0.6 is 22.9 Å². The van der Waals surface area contributed by atoms with Crippen LogP contribution in [0.1, 0.15) is 6.92 Å². The van der Waals surface area contributed by atoms with Crippen molar-refractivity contribution in [3.63, 3.8) is 0 Å². The van der Waals surface area contributed by atoms with Gasteiger partial charge in [-0.15, -0.1) is 0 Å². The van der Waals surface area contributed by atoms with E-state index in [0.717, 1.165) is 38.1 Å². The lowest BCUT2D eigenvalue weighted by molar-refractivity contribution is 0.304. The van der Waals surface area contributed by atoms with Crippen LogP contribution in [0.15, 0.2) is 85.5 Å². The first-order valence-corrected chi connectivity index (χ1v) is 11.5. The van der Waals surface area contributed by atoms with Gasteiger partial charge < -0.3 is 14.5 Å². The molecule has 5 rings (SSSR count). The van der Waals surface area contributed by atoms with Crippen LogP contribution in [0.25, 0.3) is 27.2 Å². The van der Waals surface area contributed by atoms with E-state index in [1.807, 2.05) is 71.4 Å². The van der Waals surface area contributed by atoms with Gasteiger partial charge in [-0.1, -0.05) is 59.3 Å². The number of hydrogen-bond donors (Lipinski definition) is 1. The van der Waals surface area contributed by atoms with Gasteiger partial charge in [-0.2, -0.15) is 0 Å². The molecule has 0 bridgehead atoms. The van der Waals surface area contributed by atoms with Crippen LogP contribution in [-0.4, -0.2) is 27.0 Å². The number of benzene rings is 2. The van der Waals surface area contributed by atoms with Crippen molar-refractivity contribution in [3.8, 4) is 27.3 Å². The normalized spacial score (nSPS) is 12.1. The predicted octanol–water partition coefficient (Wildman–Crippen LogP) is 6.66. The summed E-state index contributed by atoms with van der Waals surface area (Å²) in [6.07, 6.45) is 7.71. The van der Waals surface area contributed by atoms with E-state index in [-0.39, 0.29) is 6.04 Å². The van der Waals surface area contributed by atoms with Gasteiger partial charge in [0, 0.05) is 46.5 Å². The Balaban J connectivity index is 1.38. The van der Waals surface area contributed by atoms with Gasteiger partial charge in [0.1, 0.15) is 18.0 Å². The Labute approximate surface area is 195 Å². The van der Waals surface area contributed by atoms with Gasteiger partial charge in [0.25, 0.3) is 0 Å². The number of hydrogen-bond acceptors (Lipinski definition) is 5. The third-order valence-corrected chi connectivity index (χ3v) is 6.36. The van der Waals surface area contributed by atoms with Crippen molar-refractivity contribution in [2.24, 2.45) is 0 Å². The van der Waals surface area contributed by atoms with Gasteiger partial charge in [-0.05, 0) is 31.2 Å². The Morgan fingerprint density at radius 2 is 1.88 bits per heavy atom. The molecule has 7 heteroatoms. The number of anilines is 1. The average Bonchev–Trinajstić information content (AvgIpc) is 3.48. The maximum Gasteiger partial charge on any atom is 0.183 e. The van der Waals surface area contributed by atoms with E-state index < -0.39 is 0 Å². The van der Waals surface area contributed by atoms with E-state index in [9.17, 15) is 0 Å². The Morgan fingerprint density at radius 3 is 2.72 bits per heavy atom. The molecule has 3 heterocycles. The van der Waals surface area contributed by atoms with Crippen LogP contribution in [0.5, 0.6) is 5.75 Å². The molecule has 0 spiro atoms. The molecule has 0 aliphatic heterocycles. The molecule has 0 aliphatic rings. The number of rotatable bonds is 7. The van der Waals surface area contributed by atoms with Crippen LogP contribution in [0.4, 0.5) is 5.13 Å². The zero-order valence-electron chi connectivity index (χ0n) is 17.4. The minimum absolute atomic E-state index is 0.115. The molecule has 0 amide bonds. The number of pyridine rings is 1. The van der Waals surface area contributed by atoms with E-state index >= 15 is 0 Å². The summed E-state index contributed by atoms with van der Waals surface area (Å²) in [7, 11) is 0. The molecular formula is C25H21ClN4OS. The molecule has 1 N–H and O–H groups in total. The van der Waals surface area contributed by atoms with Crippen molar-refractivity contribution in [1.82, 2.24) is 14.4 Å². The second-order valence-electron chi connectivity index (χ2n) is 7.48. The molecule has 32 heavy (non-hydrogen) atoms. The highest BCUT2D eigenvalue weighted by molar-refractivity contribution is 7.18. The number of ether oxygens (including phenoxy) is 1. The van der Waals surface area contributed by atoms with Crippen LogP contribution in [0.3, 0.4) is 0 Å². The number of aromatic nitrogens is 3. The van der Waals surface area contributed by atoms with Gasteiger partial charge in [0.2, 0.25) is 0 Å². The van der Waals surface area contributed by atoms with Gasteiger partial charge in [-0.25, -0.2) is 9.97 Å². The lowest BCUT2D eigenvalue weighted by Gasteiger charge is -2.14. The number of halogens is 1. The number of nitrogens with one attached hydrogen (secondary N) is 1. The van der Waals surface area contributed by atoms with E-state index in [1.165, 1.54) is 0 Å². The number of imidazole rings is 1. The number of nitrogens with zero attached hydrogens (tertiary/aromatic N) is 3. The summed E-state index contributed by atoms with van der Waals surface area (Å²) in [5.74, 6) is 0.863. The second kappa shape index (κ2) is 9.02. The second-order valence-corrected chi connectivity index (χ2v) is 8.92. The molecule has 160 valence electrons. The first-order chi connectivity index (χ1) is 15.7. The molecule has 0 saturated carbocycles. The quantitative estimate of drug-likeness (QED) is 0.295. The van der Waals surface area contributed by atoms with Crippen LogP contribution in [-0.2, 0) is 0 Å². The van der Waals surface area contributed by atoms with Crippen molar-refractivity contribution < 1.29 is 4.74 Å². The summed E-state index contributed by atoms with van der Waals surface area (Å²) in [4.78, 5) is 10.2. The smallest absolute Gasteiger partial charge is 0.183 e. The largest absolute Gasteiger partial charge is 0.491 e. The van der Waals surface area contributed by atoms with Crippen molar-refractivity contribution in [2.75, 3.05) is 11.9 Å². The minimum Gasteiger partial charge on any atom is -0.491 e. The maximum absolute atomic E-state index is 6.49.